The van der Waals surface area contributed by atoms with Gasteiger partial charge in [0.2, 0.25) is 0 Å². The summed E-state index contributed by atoms with van der Waals surface area (Å²) in [5.74, 6) is 0. The number of nitrogens with one attached hydrogen (secondary N) is 1. The van der Waals surface area contributed by atoms with E-state index < -0.39 is 0 Å². The summed E-state index contributed by atoms with van der Waals surface area (Å²) in [7, 11) is 0. The van der Waals surface area contributed by atoms with Crippen LogP contribution in [0, 0.1) is 0 Å². The summed E-state index contributed by atoms with van der Waals surface area (Å²) in [6.45, 7) is 5.83. The van der Waals surface area contributed by atoms with Gasteiger partial charge in [0.1, 0.15) is 0 Å². The molecule has 0 unspecified atom stereocenters. The molecule has 66 valence electrons. The molecule has 1 nitrogen and oxygen atoms in total. The fourth-order valence-corrected chi connectivity index (χ4v) is 1.63. The first-order valence-corrected chi connectivity index (χ1v) is 5.08. The molecule has 11 heavy (non-hydrogen) atoms. The first kappa shape index (κ1) is 9.05. The molecule has 1 aliphatic heterocycles. The maximum absolute atomic E-state index is 3.52. The second-order valence-corrected chi connectivity index (χ2v) is 3.84. The molecule has 1 saturated heterocycles. The van der Waals surface area contributed by atoms with Crippen molar-refractivity contribution >= 4 is 0 Å². The summed E-state index contributed by atoms with van der Waals surface area (Å²) in [5.41, 5.74) is 0.603. The number of rotatable bonds is 6. The van der Waals surface area contributed by atoms with Gasteiger partial charge in [0, 0.05) is 12.1 Å². The van der Waals surface area contributed by atoms with Gasteiger partial charge in [-0.1, -0.05) is 39.5 Å². The Kier molecular flexibility index (Phi) is 3.38. The number of hydrogen-bond donors (Lipinski definition) is 1. The van der Waals surface area contributed by atoms with E-state index in [0.29, 0.717) is 5.54 Å². The molecule has 0 saturated carbocycles. The predicted octanol–water partition coefficient (Wildman–Crippen LogP) is 2.71. The topological polar surface area (TPSA) is 21.9 Å². The molecular weight excluding hydrogens is 134 g/mol. The zero-order valence-electron chi connectivity index (χ0n) is 7.95. The van der Waals surface area contributed by atoms with Crippen LogP contribution in [0.2, 0.25) is 0 Å². The van der Waals surface area contributed by atoms with E-state index in [1.54, 1.807) is 0 Å². The van der Waals surface area contributed by atoms with Gasteiger partial charge in [0.25, 0.3) is 0 Å². The van der Waals surface area contributed by atoms with Crippen molar-refractivity contribution in [2.24, 2.45) is 0 Å². The van der Waals surface area contributed by atoms with Crippen LogP contribution in [0.3, 0.4) is 0 Å². The fourth-order valence-electron chi connectivity index (χ4n) is 1.63. The van der Waals surface area contributed by atoms with Gasteiger partial charge in [0.05, 0.1) is 0 Å². The normalized spacial score (nSPS) is 20.2. The van der Waals surface area contributed by atoms with Crippen LogP contribution >= 0.6 is 0 Å². The van der Waals surface area contributed by atoms with Crippen molar-refractivity contribution in [3.05, 3.63) is 0 Å². The van der Waals surface area contributed by atoms with Gasteiger partial charge < -0.3 is 5.32 Å². The molecule has 1 heterocycles. The van der Waals surface area contributed by atoms with Crippen LogP contribution in [-0.2, 0) is 0 Å². The van der Waals surface area contributed by atoms with Crippen LogP contribution in [-0.4, -0.2) is 12.1 Å². The summed E-state index contributed by atoms with van der Waals surface area (Å²) in [5, 5.41) is 3.52. The van der Waals surface area contributed by atoms with E-state index >= 15 is 0 Å². The molecule has 0 aromatic heterocycles. The highest BCUT2D eigenvalue weighted by Gasteiger charge is 2.39. The molecule has 1 fully saturated rings. The van der Waals surface area contributed by atoms with Crippen molar-refractivity contribution in [1.82, 2.24) is 5.32 Å². The fraction of sp³-hybridized carbons (Fsp3) is 1.00. The highest BCUT2D eigenvalue weighted by molar-refractivity contribution is 5.02. The average molecular weight is 155 g/mol. The summed E-state index contributed by atoms with van der Waals surface area (Å²) in [6.07, 6.45) is 8.30. The van der Waals surface area contributed by atoms with Crippen molar-refractivity contribution in [2.45, 2.75) is 57.9 Å². The molecule has 1 aliphatic rings. The first-order valence-electron chi connectivity index (χ1n) is 5.08. The molecule has 0 aromatic rings. The largest absolute Gasteiger partial charge is 0.308 e. The van der Waals surface area contributed by atoms with Crippen molar-refractivity contribution in [1.29, 1.82) is 0 Å². The lowest BCUT2D eigenvalue weighted by molar-refractivity contribution is 0.485. The summed E-state index contributed by atoms with van der Waals surface area (Å²) < 4.78 is 0. The third-order valence-corrected chi connectivity index (χ3v) is 2.69. The standard InChI is InChI=1S/C10H21N/c1-3-5-7-10(9-11-10)8-6-4-2/h11H,3-9H2,1-2H3. The molecule has 1 N–H and O–H groups in total. The Morgan fingerprint density at radius 3 is 1.82 bits per heavy atom. The zero-order chi connectivity index (χ0) is 8.16. The molecule has 0 aliphatic carbocycles. The Labute approximate surface area is 70.6 Å². The van der Waals surface area contributed by atoms with Gasteiger partial charge in [-0.2, -0.15) is 0 Å². The maximum Gasteiger partial charge on any atom is 0.0307 e. The van der Waals surface area contributed by atoms with Gasteiger partial charge in [-0.25, -0.2) is 0 Å². The van der Waals surface area contributed by atoms with Crippen molar-refractivity contribution in [3.8, 4) is 0 Å². The van der Waals surface area contributed by atoms with Crippen molar-refractivity contribution in [2.75, 3.05) is 6.54 Å². The third-order valence-electron chi connectivity index (χ3n) is 2.69. The minimum absolute atomic E-state index is 0.603. The van der Waals surface area contributed by atoms with E-state index in [0.717, 1.165) is 0 Å². The highest BCUT2D eigenvalue weighted by atomic mass is 15.2. The molecule has 0 spiro atoms. The van der Waals surface area contributed by atoms with Crippen molar-refractivity contribution in [3.63, 3.8) is 0 Å². The Hall–Kier alpha value is -0.0400. The third kappa shape index (κ3) is 2.82. The molecule has 1 heteroatoms. The van der Waals surface area contributed by atoms with Gasteiger partial charge in [-0.15, -0.1) is 0 Å². The Morgan fingerprint density at radius 2 is 1.55 bits per heavy atom. The highest BCUT2D eigenvalue weighted by Crippen LogP contribution is 2.29. The lowest BCUT2D eigenvalue weighted by atomic mass is 9.96. The molecule has 1 rings (SSSR count). The zero-order valence-corrected chi connectivity index (χ0v) is 7.95. The Morgan fingerprint density at radius 1 is 1.09 bits per heavy atom. The Balaban J connectivity index is 2.08. The summed E-state index contributed by atoms with van der Waals surface area (Å²) in [4.78, 5) is 0. The second kappa shape index (κ2) is 4.10. The minimum Gasteiger partial charge on any atom is -0.308 e. The van der Waals surface area contributed by atoms with Crippen molar-refractivity contribution < 1.29 is 0 Å². The summed E-state index contributed by atoms with van der Waals surface area (Å²) in [6, 6.07) is 0. The average Bonchev–Trinajstić information content (AvgIpc) is 2.79. The van der Waals surface area contributed by atoms with Crippen LogP contribution in [0.25, 0.3) is 0 Å². The molecule has 0 radical (unpaired) electrons. The first-order chi connectivity index (χ1) is 5.33. The van der Waals surface area contributed by atoms with E-state index in [-0.39, 0.29) is 0 Å². The van der Waals surface area contributed by atoms with Crippen LogP contribution in [0.5, 0.6) is 0 Å². The molecule has 0 bridgehead atoms. The monoisotopic (exact) mass is 155 g/mol. The van der Waals surface area contributed by atoms with Gasteiger partial charge in [-0.3, -0.25) is 0 Å². The molecule has 0 aromatic carbocycles. The lowest BCUT2D eigenvalue weighted by Gasteiger charge is -2.11. The maximum atomic E-state index is 3.52. The SMILES string of the molecule is CCCCC1(CCCC)CN1. The molecular formula is C10H21N. The van der Waals surface area contributed by atoms with Crippen LogP contribution in [0.1, 0.15) is 52.4 Å². The smallest absolute Gasteiger partial charge is 0.0307 e. The van der Waals surface area contributed by atoms with Crippen LogP contribution < -0.4 is 5.32 Å². The van der Waals surface area contributed by atoms with E-state index in [2.05, 4.69) is 19.2 Å². The number of hydrogen-bond acceptors (Lipinski definition) is 1. The summed E-state index contributed by atoms with van der Waals surface area (Å²) >= 11 is 0. The van der Waals surface area contributed by atoms with Gasteiger partial charge >= 0.3 is 0 Å². The molecule has 0 atom stereocenters. The Bertz CT molecular complexity index is 95.4. The minimum atomic E-state index is 0.603. The molecule has 0 amide bonds. The van der Waals surface area contributed by atoms with Gasteiger partial charge in [0.15, 0.2) is 0 Å². The lowest BCUT2D eigenvalue weighted by Crippen LogP contribution is -2.14. The van der Waals surface area contributed by atoms with E-state index in [1.165, 1.54) is 45.1 Å². The second-order valence-electron chi connectivity index (χ2n) is 3.84. The van der Waals surface area contributed by atoms with E-state index in [4.69, 9.17) is 0 Å². The van der Waals surface area contributed by atoms with E-state index in [9.17, 15) is 0 Å². The van der Waals surface area contributed by atoms with Crippen LogP contribution in [0.4, 0.5) is 0 Å². The quantitative estimate of drug-likeness (QED) is 0.585. The number of unbranched alkanes of at least 4 members (excludes halogenated alkanes) is 2. The van der Waals surface area contributed by atoms with E-state index in [1.807, 2.05) is 0 Å². The van der Waals surface area contributed by atoms with Gasteiger partial charge in [-0.05, 0) is 12.8 Å². The van der Waals surface area contributed by atoms with Crippen LogP contribution in [0.15, 0.2) is 0 Å². The predicted molar refractivity (Wildman–Crippen MR) is 49.8 cm³/mol.